The Balaban J connectivity index is 0. The van der Waals surface area contributed by atoms with Gasteiger partial charge < -0.3 is 20.1 Å². The molecule has 0 heterocycles. The van der Waals surface area contributed by atoms with Gasteiger partial charge in [0.15, 0.2) is 0 Å². The van der Waals surface area contributed by atoms with Crippen molar-refractivity contribution in [2.24, 2.45) is 0 Å². The Kier molecular flexibility index (Phi) is 20.2. The highest BCUT2D eigenvalue weighted by molar-refractivity contribution is 4.06. The number of aliphatic hydroxyl groups is 3. The molecular formula is C5H14O4. The van der Waals surface area contributed by atoms with E-state index >= 15 is 0 Å². The maximum atomic E-state index is 7.84. The van der Waals surface area contributed by atoms with Gasteiger partial charge in [0, 0.05) is 6.61 Å². The number of ether oxygens (including phenoxy) is 1. The molecule has 0 spiro atoms. The molecule has 3 N–H and O–H groups in total. The summed E-state index contributed by atoms with van der Waals surface area (Å²) in [6.45, 7) is 2.02. The Labute approximate surface area is 54.7 Å². The zero-order valence-corrected chi connectivity index (χ0v) is 5.58. The fourth-order valence-electron chi connectivity index (χ4n) is 0.0913. The van der Waals surface area contributed by atoms with Crippen LogP contribution < -0.4 is 0 Å². The first-order valence-electron chi connectivity index (χ1n) is 2.73. The van der Waals surface area contributed by atoms with Crippen LogP contribution in [0.15, 0.2) is 0 Å². The predicted octanol–water partition coefficient (Wildman–Crippen LogP) is -1.06. The van der Waals surface area contributed by atoms with Crippen molar-refractivity contribution in [2.75, 3.05) is 26.6 Å². The zero-order chi connectivity index (χ0) is 7.54. The van der Waals surface area contributed by atoms with Crippen LogP contribution in [0.2, 0.25) is 0 Å². The topological polar surface area (TPSA) is 69.9 Å². The lowest BCUT2D eigenvalue weighted by atomic mass is 10.8. The van der Waals surface area contributed by atoms with E-state index < -0.39 is 0 Å². The van der Waals surface area contributed by atoms with Crippen LogP contribution >= 0.6 is 0 Å². The summed E-state index contributed by atoms with van der Waals surface area (Å²) < 4.78 is 4.39. The Morgan fingerprint density at radius 1 is 1.11 bits per heavy atom. The van der Waals surface area contributed by atoms with E-state index in [0.29, 0.717) is 6.61 Å². The number of hydrogen-bond acceptors (Lipinski definition) is 4. The van der Waals surface area contributed by atoms with Gasteiger partial charge in [0.05, 0.1) is 13.2 Å². The fraction of sp³-hybridized carbons (Fsp3) is 1.00. The standard InChI is InChI=1S/C3H8O2.C2H6O2/c1-2-5-3-4;3-1-2-4/h4H,2-3H2,1H3;3-4H,1-2H2. The third-order valence-electron chi connectivity index (χ3n) is 0.395. The van der Waals surface area contributed by atoms with E-state index in [-0.39, 0.29) is 20.0 Å². The normalized spacial score (nSPS) is 8.00. The number of aliphatic hydroxyl groups excluding tert-OH is 3. The zero-order valence-electron chi connectivity index (χ0n) is 5.58. The molecule has 0 unspecified atom stereocenters. The average molecular weight is 138 g/mol. The van der Waals surface area contributed by atoms with Crippen LogP contribution in [0, 0.1) is 0 Å². The van der Waals surface area contributed by atoms with E-state index in [0.717, 1.165) is 0 Å². The Hall–Kier alpha value is -0.160. The molecule has 0 amide bonds. The molecule has 0 bridgehead atoms. The molecule has 4 heteroatoms. The summed E-state index contributed by atoms with van der Waals surface area (Å²) in [4.78, 5) is 0. The lowest BCUT2D eigenvalue weighted by Gasteiger charge is -1.85. The van der Waals surface area contributed by atoms with E-state index in [1.807, 2.05) is 6.92 Å². The highest BCUT2D eigenvalue weighted by Gasteiger charge is 1.64. The van der Waals surface area contributed by atoms with Crippen LogP contribution in [0.5, 0.6) is 0 Å². The highest BCUT2D eigenvalue weighted by atomic mass is 16.6. The summed E-state index contributed by atoms with van der Waals surface area (Å²) in [6.07, 6.45) is 0. The van der Waals surface area contributed by atoms with E-state index in [9.17, 15) is 0 Å². The van der Waals surface area contributed by atoms with Gasteiger partial charge in [0.25, 0.3) is 0 Å². The van der Waals surface area contributed by atoms with Crippen molar-refractivity contribution in [3.8, 4) is 0 Å². The van der Waals surface area contributed by atoms with Crippen molar-refractivity contribution >= 4 is 0 Å². The molecule has 0 rings (SSSR count). The molecule has 0 aromatic carbocycles. The van der Waals surface area contributed by atoms with Crippen LogP contribution in [0.1, 0.15) is 6.92 Å². The first-order chi connectivity index (χ1) is 4.33. The number of rotatable bonds is 3. The Morgan fingerprint density at radius 2 is 1.56 bits per heavy atom. The number of hydrogen-bond donors (Lipinski definition) is 3. The van der Waals surface area contributed by atoms with Gasteiger partial charge in [-0.2, -0.15) is 0 Å². The molecule has 0 aromatic heterocycles. The van der Waals surface area contributed by atoms with Gasteiger partial charge in [-0.1, -0.05) is 0 Å². The summed E-state index contributed by atoms with van der Waals surface area (Å²) >= 11 is 0. The summed E-state index contributed by atoms with van der Waals surface area (Å²) in [5, 5.41) is 23.1. The first-order valence-corrected chi connectivity index (χ1v) is 2.73. The minimum absolute atomic E-state index is 0.125. The van der Waals surface area contributed by atoms with Crippen molar-refractivity contribution < 1.29 is 20.1 Å². The second-order valence-corrected chi connectivity index (χ2v) is 1.07. The van der Waals surface area contributed by atoms with Gasteiger partial charge in [-0.05, 0) is 6.92 Å². The average Bonchev–Trinajstić information content (AvgIpc) is 1.91. The molecule has 0 aliphatic carbocycles. The summed E-state index contributed by atoms with van der Waals surface area (Å²) in [5.74, 6) is 0. The molecule has 0 fully saturated rings. The van der Waals surface area contributed by atoms with Gasteiger partial charge in [-0.15, -0.1) is 0 Å². The molecule has 0 radical (unpaired) electrons. The molecule has 58 valence electrons. The monoisotopic (exact) mass is 138 g/mol. The minimum atomic E-state index is -0.156. The Bertz CT molecular complexity index is 28.1. The van der Waals surface area contributed by atoms with E-state index in [2.05, 4.69) is 4.74 Å². The van der Waals surface area contributed by atoms with Gasteiger partial charge in [-0.3, -0.25) is 0 Å². The lowest BCUT2D eigenvalue weighted by Crippen LogP contribution is -1.88. The molecule has 4 nitrogen and oxygen atoms in total. The summed E-state index contributed by atoms with van der Waals surface area (Å²) in [7, 11) is 0. The van der Waals surface area contributed by atoms with Crippen LogP contribution in [0.3, 0.4) is 0 Å². The van der Waals surface area contributed by atoms with Gasteiger partial charge >= 0.3 is 0 Å². The SMILES string of the molecule is CCOCO.OCCO. The lowest BCUT2D eigenvalue weighted by molar-refractivity contribution is 0.00540. The van der Waals surface area contributed by atoms with E-state index in [1.165, 1.54) is 0 Å². The van der Waals surface area contributed by atoms with Crippen LogP contribution in [0.4, 0.5) is 0 Å². The van der Waals surface area contributed by atoms with Gasteiger partial charge in [0.2, 0.25) is 0 Å². The third kappa shape index (κ3) is 33.2. The molecule has 0 aliphatic rings. The van der Waals surface area contributed by atoms with Crippen LogP contribution in [-0.4, -0.2) is 41.9 Å². The van der Waals surface area contributed by atoms with Crippen molar-refractivity contribution in [1.29, 1.82) is 0 Å². The van der Waals surface area contributed by atoms with Crippen molar-refractivity contribution in [3.05, 3.63) is 0 Å². The quantitative estimate of drug-likeness (QED) is 0.435. The molecule has 0 aliphatic heterocycles. The molecule has 0 atom stereocenters. The smallest absolute Gasteiger partial charge is 0.143 e. The van der Waals surface area contributed by atoms with Crippen molar-refractivity contribution in [1.82, 2.24) is 0 Å². The molecule has 9 heavy (non-hydrogen) atoms. The summed E-state index contributed by atoms with van der Waals surface area (Å²) in [5.41, 5.74) is 0. The Morgan fingerprint density at radius 3 is 1.56 bits per heavy atom. The molecule has 0 saturated heterocycles. The minimum Gasteiger partial charge on any atom is -0.394 e. The first kappa shape index (κ1) is 11.6. The molecular weight excluding hydrogens is 124 g/mol. The van der Waals surface area contributed by atoms with Gasteiger partial charge in [0.1, 0.15) is 6.79 Å². The summed E-state index contributed by atoms with van der Waals surface area (Å²) in [6, 6.07) is 0. The van der Waals surface area contributed by atoms with Crippen molar-refractivity contribution in [3.63, 3.8) is 0 Å². The third-order valence-corrected chi connectivity index (χ3v) is 0.395. The van der Waals surface area contributed by atoms with Crippen LogP contribution in [-0.2, 0) is 4.74 Å². The van der Waals surface area contributed by atoms with Crippen LogP contribution in [0.25, 0.3) is 0 Å². The van der Waals surface area contributed by atoms with E-state index in [1.54, 1.807) is 0 Å². The molecule has 0 aromatic rings. The predicted molar refractivity (Wildman–Crippen MR) is 32.9 cm³/mol. The van der Waals surface area contributed by atoms with E-state index in [4.69, 9.17) is 15.3 Å². The largest absolute Gasteiger partial charge is 0.394 e. The maximum Gasteiger partial charge on any atom is 0.143 e. The molecule has 0 saturated carbocycles. The maximum absolute atomic E-state index is 7.84. The van der Waals surface area contributed by atoms with Gasteiger partial charge in [-0.25, -0.2) is 0 Å². The second-order valence-electron chi connectivity index (χ2n) is 1.07. The highest BCUT2D eigenvalue weighted by Crippen LogP contribution is 1.61. The second kappa shape index (κ2) is 15.7. The van der Waals surface area contributed by atoms with Crippen molar-refractivity contribution in [2.45, 2.75) is 6.92 Å². The fourth-order valence-corrected chi connectivity index (χ4v) is 0.0913.